The summed E-state index contributed by atoms with van der Waals surface area (Å²) in [5.41, 5.74) is 4.90. The van der Waals surface area contributed by atoms with Gasteiger partial charge in [0.2, 0.25) is 0 Å². The molecule has 0 aliphatic heterocycles. The minimum Gasteiger partial charge on any atom is -0.375 e. The average molecular weight is 616 g/mol. The molecular weight excluding hydrogens is 530 g/mol. The average Bonchev–Trinajstić information content (AvgIpc) is 2.92. The monoisotopic (exact) mass is 616 g/mol. The van der Waals surface area contributed by atoms with Crippen LogP contribution in [0.3, 0.4) is 0 Å². The molecule has 0 aliphatic carbocycles. The summed E-state index contributed by atoms with van der Waals surface area (Å²) in [6, 6.07) is 0. The Kier molecular flexibility index (Phi) is 34.0. The van der Waals surface area contributed by atoms with Gasteiger partial charge >= 0.3 is 0 Å². The summed E-state index contributed by atoms with van der Waals surface area (Å²) < 4.78 is 0. The molecule has 1 nitrogen and oxygen atoms in total. The lowest BCUT2D eigenvalue weighted by molar-refractivity contribution is 0.330. The quantitative estimate of drug-likeness (QED) is 0.0771. The number of unbranched alkanes of at least 4 members (excludes halogenated alkanes) is 11. The third-order valence-corrected chi connectivity index (χ3v) is 7.76. The Morgan fingerprint density at radius 3 is 1.18 bits per heavy atom. The lowest BCUT2D eigenvalue weighted by Gasteiger charge is -2.26. The fourth-order valence-electron chi connectivity index (χ4n) is 4.70. The third kappa shape index (κ3) is 45.2. The zero-order valence-corrected chi connectivity index (χ0v) is 32.8. The second-order valence-electron chi connectivity index (χ2n) is 15.9. The molecule has 0 aromatic heterocycles. The number of hydrogen-bond donors (Lipinski definition) is 0. The molecule has 0 aromatic rings. The van der Waals surface area contributed by atoms with Crippen LogP contribution in [-0.2, 0) is 0 Å². The summed E-state index contributed by atoms with van der Waals surface area (Å²) >= 11 is 0. The van der Waals surface area contributed by atoms with Gasteiger partial charge in [-0.05, 0) is 102 Å². The van der Waals surface area contributed by atoms with Gasteiger partial charge in [0.25, 0.3) is 0 Å². The highest BCUT2D eigenvalue weighted by Gasteiger charge is 2.09. The summed E-state index contributed by atoms with van der Waals surface area (Å²) in [7, 11) is 0. The van der Waals surface area contributed by atoms with Crippen molar-refractivity contribution in [2.24, 2.45) is 10.8 Å². The predicted molar refractivity (Wildman–Crippen MR) is 208 cm³/mol. The van der Waals surface area contributed by atoms with Crippen molar-refractivity contribution < 1.29 is 0 Å². The molecule has 0 aromatic carbocycles. The van der Waals surface area contributed by atoms with Crippen molar-refractivity contribution in [3.05, 3.63) is 48.7 Å². The zero-order valence-electron chi connectivity index (χ0n) is 32.8. The third-order valence-electron chi connectivity index (χ3n) is 7.76. The molecule has 0 N–H and O–H groups in total. The molecule has 0 radical (unpaired) electrons. The SMILES string of the molecule is C=C(C)CCC(C)(C)C.C=C(C)CCC(C)(C)C.C=C(CCCCCCC/C=C\CCCCCCCC)N(CCC)CCC. The predicted octanol–water partition coefficient (Wildman–Crippen LogP) is 15.4. The maximum absolute atomic E-state index is 4.31. The van der Waals surface area contributed by atoms with Crippen molar-refractivity contribution in [1.29, 1.82) is 0 Å². The summed E-state index contributed by atoms with van der Waals surface area (Å²) in [5.74, 6) is 0. The number of nitrogens with zero attached hydrogens (tertiary/aromatic N) is 1. The van der Waals surface area contributed by atoms with Gasteiger partial charge in [-0.2, -0.15) is 0 Å². The van der Waals surface area contributed by atoms with E-state index in [4.69, 9.17) is 0 Å². The standard InChI is InChI=1S/C25H49N.2C9H18/c1-5-8-9-10-11-12-13-14-15-16-17-18-19-20-21-22-25(4)26(23-6-2)24-7-3;2*1-8(2)6-7-9(3,4)5/h14-15H,4-13,16-24H2,1-3H3;2*1,6-7H2,2-5H3/b15-14-;;. The minimum atomic E-state index is 0.471. The van der Waals surface area contributed by atoms with Gasteiger partial charge in [-0.15, -0.1) is 13.2 Å². The van der Waals surface area contributed by atoms with Crippen molar-refractivity contribution in [2.45, 2.75) is 205 Å². The molecule has 0 aliphatic rings. The first kappa shape index (κ1) is 47.2. The summed E-state index contributed by atoms with van der Waals surface area (Å²) in [5, 5.41) is 0. The summed E-state index contributed by atoms with van der Waals surface area (Å²) in [6.45, 7) is 38.9. The number of hydrogen-bond acceptors (Lipinski definition) is 1. The van der Waals surface area contributed by atoms with Crippen LogP contribution in [0.25, 0.3) is 0 Å². The minimum absolute atomic E-state index is 0.471. The molecule has 0 unspecified atom stereocenters. The highest BCUT2D eigenvalue weighted by atomic mass is 15.1. The van der Waals surface area contributed by atoms with Crippen LogP contribution in [0.15, 0.2) is 48.7 Å². The van der Waals surface area contributed by atoms with E-state index >= 15 is 0 Å². The smallest absolute Gasteiger partial charge is 0.0172 e. The van der Waals surface area contributed by atoms with E-state index in [-0.39, 0.29) is 0 Å². The first-order valence-electron chi connectivity index (χ1n) is 19.0. The van der Waals surface area contributed by atoms with Gasteiger partial charge in [-0.3, -0.25) is 0 Å². The molecule has 0 atom stereocenters. The van der Waals surface area contributed by atoms with E-state index in [0.29, 0.717) is 10.8 Å². The topological polar surface area (TPSA) is 3.24 Å². The molecule has 0 saturated heterocycles. The summed E-state index contributed by atoms with van der Waals surface area (Å²) in [6.07, 6.45) is 31.2. The summed E-state index contributed by atoms with van der Waals surface area (Å²) in [4.78, 5) is 2.49. The molecule has 0 fully saturated rings. The van der Waals surface area contributed by atoms with Gasteiger partial charge in [0.1, 0.15) is 0 Å². The van der Waals surface area contributed by atoms with Crippen LogP contribution in [0.5, 0.6) is 0 Å². The van der Waals surface area contributed by atoms with E-state index in [1.165, 1.54) is 158 Å². The largest absolute Gasteiger partial charge is 0.375 e. The highest BCUT2D eigenvalue weighted by molar-refractivity contribution is 4.93. The van der Waals surface area contributed by atoms with E-state index in [1.807, 2.05) is 0 Å². The van der Waals surface area contributed by atoms with E-state index in [0.717, 1.165) is 0 Å². The molecular formula is C43H85N. The van der Waals surface area contributed by atoms with Crippen LogP contribution >= 0.6 is 0 Å². The van der Waals surface area contributed by atoms with E-state index in [2.05, 4.69) is 113 Å². The van der Waals surface area contributed by atoms with Crippen molar-refractivity contribution in [3.8, 4) is 0 Å². The van der Waals surface area contributed by atoms with E-state index < -0.39 is 0 Å². The Bertz CT molecular complexity index is 647. The van der Waals surface area contributed by atoms with Gasteiger partial charge in [0, 0.05) is 18.8 Å². The fraction of sp³-hybridized carbons (Fsp3) is 0.814. The van der Waals surface area contributed by atoms with Crippen molar-refractivity contribution >= 4 is 0 Å². The molecule has 0 amide bonds. The van der Waals surface area contributed by atoms with Gasteiger partial charge in [0.05, 0.1) is 0 Å². The van der Waals surface area contributed by atoms with Crippen molar-refractivity contribution in [2.75, 3.05) is 13.1 Å². The number of allylic oxidation sites excluding steroid dienone is 5. The fourth-order valence-corrected chi connectivity index (χ4v) is 4.70. The zero-order chi connectivity index (χ0) is 34.3. The van der Waals surface area contributed by atoms with Crippen LogP contribution in [0.1, 0.15) is 205 Å². The maximum atomic E-state index is 4.31. The molecule has 0 bridgehead atoms. The Morgan fingerprint density at radius 2 is 0.864 bits per heavy atom. The first-order valence-corrected chi connectivity index (χ1v) is 19.0. The van der Waals surface area contributed by atoms with Crippen molar-refractivity contribution in [1.82, 2.24) is 4.90 Å². The lowest BCUT2D eigenvalue weighted by Crippen LogP contribution is -2.24. The molecule has 0 spiro atoms. The Labute approximate surface area is 281 Å². The van der Waals surface area contributed by atoms with Crippen LogP contribution in [-0.4, -0.2) is 18.0 Å². The second-order valence-corrected chi connectivity index (χ2v) is 15.9. The molecule has 44 heavy (non-hydrogen) atoms. The molecule has 262 valence electrons. The molecule has 0 saturated carbocycles. The van der Waals surface area contributed by atoms with Crippen LogP contribution in [0, 0.1) is 10.8 Å². The maximum Gasteiger partial charge on any atom is 0.0172 e. The van der Waals surface area contributed by atoms with Crippen LogP contribution < -0.4 is 0 Å². The van der Waals surface area contributed by atoms with E-state index in [9.17, 15) is 0 Å². The van der Waals surface area contributed by atoms with Crippen LogP contribution in [0.2, 0.25) is 0 Å². The normalized spacial score (nSPS) is 11.4. The van der Waals surface area contributed by atoms with Crippen molar-refractivity contribution in [3.63, 3.8) is 0 Å². The van der Waals surface area contributed by atoms with Gasteiger partial charge < -0.3 is 4.90 Å². The number of rotatable bonds is 24. The second kappa shape index (κ2) is 31.7. The molecule has 0 rings (SSSR count). The van der Waals surface area contributed by atoms with Crippen LogP contribution in [0.4, 0.5) is 0 Å². The van der Waals surface area contributed by atoms with Gasteiger partial charge in [0.15, 0.2) is 0 Å². The van der Waals surface area contributed by atoms with Gasteiger partial charge in [-0.25, -0.2) is 0 Å². The lowest BCUT2D eigenvalue weighted by atomic mass is 9.89. The highest BCUT2D eigenvalue weighted by Crippen LogP contribution is 2.23. The van der Waals surface area contributed by atoms with E-state index in [1.54, 1.807) is 0 Å². The van der Waals surface area contributed by atoms with Gasteiger partial charge in [-0.1, -0.05) is 144 Å². The first-order chi connectivity index (χ1) is 20.6. The Morgan fingerprint density at radius 1 is 0.500 bits per heavy atom. The Balaban J connectivity index is -0.000000757. The molecule has 1 heteroatoms. The Hall–Kier alpha value is -1.24. The molecule has 0 heterocycles.